The molecule has 2 heterocycles. The third-order valence-corrected chi connectivity index (χ3v) is 6.18. The van der Waals surface area contributed by atoms with Crippen molar-refractivity contribution in [2.75, 3.05) is 13.1 Å². The van der Waals surface area contributed by atoms with E-state index in [0.29, 0.717) is 30.0 Å². The maximum absolute atomic E-state index is 12.8. The summed E-state index contributed by atoms with van der Waals surface area (Å²) in [5.41, 5.74) is 0.476. The van der Waals surface area contributed by atoms with Crippen LogP contribution in [0.4, 0.5) is 0 Å². The van der Waals surface area contributed by atoms with Crippen LogP contribution in [0.15, 0.2) is 41.6 Å². The van der Waals surface area contributed by atoms with Gasteiger partial charge in [0.2, 0.25) is 10.0 Å². The van der Waals surface area contributed by atoms with Gasteiger partial charge in [0, 0.05) is 12.1 Å². The van der Waals surface area contributed by atoms with E-state index < -0.39 is 10.0 Å². The Morgan fingerprint density at radius 2 is 1.88 bits per heavy atom. The maximum atomic E-state index is 12.8. The zero-order valence-corrected chi connectivity index (χ0v) is 15.7. The van der Waals surface area contributed by atoms with E-state index >= 15 is 0 Å². The quantitative estimate of drug-likeness (QED) is 0.723. The Morgan fingerprint density at radius 1 is 1.23 bits per heavy atom. The van der Waals surface area contributed by atoms with Gasteiger partial charge in [0.1, 0.15) is 6.10 Å². The summed E-state index contributed by atoms with van der Waals surface area (Å²) in [6, 6.07) is 6.13. The summed E-state index contributed by atoms with van der Waals surface area (Å²) < 4.78 is 32.8. The highest BCUT2D eigenvalue weighted by Crippen LogP contribution is 2.23. The third-order valence-electron chi connectivity index (χ3n) is 4.11. The van der Waals surface area contributed by atoms with Crippen molar-refractivity contribution < 1.29 is 17.9 Å². The van der Waals surface area contributed by atoms with Crippen molar-refractivity contribution >= 4 is 27.4 Å². The first-order chi connectivity index (χ1) is 12.4. The van der Waals surface area contributed by atoms with Gasteiger partial charge in [-0.25, -0.2) is 18.4 Å². The number of hydrogen-bond donors (Lipinski definition) is 0. The molecule has 1 saturated heterocycles. The van der Waals surface area contributed by atoms with Crippen LogP contribution in [0.25, 0.3) is 0 Å². The molecule has 0 aliphatic carbocycles. The van der Waals surface area contributed by atoms with Gasteiger partial charge in [-0.05, 0) is 31.9 Å². The molecule has 3 rings (SSSR count). The molecule has 0 bridgehead atoms. The standard InChI is InChI=1S/C17H18ClN3O4S/c1-12(22)13-4-6-16(7-5-13)26(23,24)21-8-2-3-15(11-21)25-17-19-9-14(18)10-20-17/h4-7,9-10,15H,2-3,8,11H2,1H3/t15-/m1/s1. The molecule has 0 radical (unpaired) electrons. The van der Waals surface area contributed by atoms with Crippen LogP contribution < -0.4 is 4.74 Å². The van der Waals surface area contributed by atoms with Gasteiger partial charge >= 0.3 is 6.01 Å². The Bertz CT molecular complexity index is 885. The highest BCUT2D eigenvalue weighted by atomic mass is 35.5. The minimum atomic E-state index is -3.66. The summed E-state index contributed by atoms with van der Waals surface area (Å²) in [6.45, 7) is 2.07. The summed E-state index contributed by atoms with van der Waals surface area (Å²) in [5, 5.41) is 0.402. The second kappa shape index (κ2) is 7.69. The fourth-order valence-electron chi connectivity index (χ4n) is 2.74. The molecule has 138 valence electrons. The number of nitrogens with zero attached hydrogens (tertiary/aromatic N) is 3. The molecule has 1 aromatic carbocycles. The zero-order chi connectivity index (χ0) is 18.7. The van der Waals surface area contributed by atoms with Crippen molar-refractivity contribution in [3.05, 3.63) is 47.2 Å². The van der Waals surface area contributed by atoms with Crippen LogP contribution in [0, 0.1) is 0 Å². The smallest absolute Gasteiger partial charge is 0.316 e. The first-order valence-corrected chi connectivity index (χ1v) is 9.93. The lowest BCUT2D eigenvalue weighted by molar-refractivity contribution is 0.101. The summed E-state index contributed by atoms with van der Waals surface area (Å²) in [6.07, 6.45) is 3.90. The van der Waals surface area contributed by atoms with E-state index in [-0.39, 0.29) is 29.3 Å². The highest BCUT2D eigenvalue weighted by Gasteiger charge is 2.31. The Kier molecular flexibility index (Phi) is 5.55. The number of hydrogen-bond acceptors (Lipinski definition) is 6. The third kappa shape index (κ3) is 4.20. The summed E-state index contributed by atoms with van der Waals surface area (Å²) in [5.74, 6) is -0.108. The SMILES string of the molecule is CC(=O)c1ccc(S(=O)(=O)N2CCC[C@@H](Oc3ncc(Cl)cn3)C2)cc1. The molecule has 1 aliphatic rings. The number of Topliss-reactive ketones (excluding diaryl/α,β-unsaturated/α-hetero) is 1. The number of piperidine rings is 1. The predicted molar refractivity (Wildman–Crippen MR) is 95.9 cm³/mol. The van der Waals surface area contributed by atoms with Crippen LogP contribution in [-0.4, -0.2) is 47.7 Å². The molecule has 0 N–H and O–H groups in total. The summed E-state index contributed by atoms with van der Waals surface area (Å²) >= 11 is 5.75. The number of carbonyl (C=O) groups excluding carboxylic acids is 1. The molecule has 0 saturated carbocycles. The van der Waals surface area contributed by atoms with E-state index in [2.05, 4.69) is 9.97 Å². The Hall–Kier alpha value is -2.03. The summed E-state index contributed by atoms with van der Waals surface area (Å²) in [7, 11) is -3.66. The van der Waals surface area contributed by atoms with Crippen LogP contribution in [0.1, 0.15) is 30.1 Å². The van der Waals surface area contributed by atoms with Gasteiger partial charge in [-0.3, -0.25) is 4.79 Å². The minimum absolute atomic E-state index is 0.108. The Balaban J connectivity index is 1.73. The van der Waals surface area contributed by atoms with Crippen LogP contribution in [0.3, 0.4) is 0 Å². The van der Waals surface area contributed by atoms with E-state index in [1.165, 1.54) is 47.9 Å². The zero-order valence-electron chi connectivity index (χ0n) is 14.1. The van der Waals surface area contributed by atoms with Crippen LogP contribution in [0.5, 0.6) is 6.01 Å². The molecule has 0 unspecified atom stereocenters. The van der Waals surface area contributed by atoms with Gasteiger partial charge < -0.3 is 4.74 Å². The van der Waals surface area contributed by atoms with Gasteiger partial charge in [0.25, 0.3) is 0 Å². The van der Waals surface area contributed by atoms with Crippen LogP contribution >= 0.6 is 11.6 Å². The number of aromatic nitrogens is 2. The van der Waals surface area contributed by atoms with E-state index in [1.807, 2.05) is 0 Å². The van der Waals surface area contributed by atoms with Gasteiger partial charge in [0.05, 0.1) is 28.9 Å². The van der Waals surface area contributed by atoms with Crippen molar-refractivity contribution in [1.29, 1.82) is 0 Å². The fraction of sp³-hybridized carbons (Fsp3) is 0.353. The lowest BCUT2D eigenvalue weighted by Gasteiger charge is -2.31. The van der Waals surface area contributed by atoms with Crippen molar-refractivity contribution in [3.63, 3.8) is 0 Å². The molecular weight excluding hydrogens is 378 g/mol. The van der Waals surface area contributed by atoms with Crippen molar-refractivity contribution in [2.24, 2.45) is 0 Å². The van der Waals surface area contributed by atoms with Crippen LogP contribution in [0.2, 0.25) is 5.02 Å². The Labute approximate surface area is 157 Å². The number of sulfonamides is 1. The molecule has 0 amide bonds. The topological polar surface area (TPSA) is 89.5 Å². The van der Waals surface area contributed by atoms with Gasteiger partial charge in [-0.15, -0.1) is 0 Å². The van der Waals surface area contributed by atoms with E-state index in [4.69, 9.17) is 16.3 Å². The minimum Gasteiger partial charge on any atom is -0.459 e. The van der Waals surface area contributed by atoms with Crippen molar-refractivity contribution in [3.8, 4) is 6.01 Å². The number of ketones is 1. The van der Waals surface area contributed by atoms with E-state index in [0.717, 1.165) is 0 Å². The molecule has 0 spiro atoms. The molecule has 1 fully saturated rings. The average Bonchev–Trinajstić information content (AvgIpc) is 2.64. The molecule has 1 aromatic heterocycles. The number of ether oxygens (including phenoxy) is 1. The molecule has 2 aromatic rings. The maximum Gasteiger partial charge on any atom is 0.316 e. The van der Waals surface area contributed by atoms with Gasteiger partial charge in [-0.1, -0.05) is 23.7 Å². The molecule has 1 aliphatic heterocycles. The van der Waals surface area contributed by atoms with E-state index in [9.17, 15) is 13.2 Å². The van der Waals surface area contributed by atoms with Crippen molar-refractivity contribution in [2.45, 2.75) is 30.8 Å². The highest BCUT2D eigenvalue weighted by molar-refractivity contribution is 7.89. The normalized spacial score (nSPS) is 18.5. The van der Waals surface area contributed by atoms with Gasteiger partial charge in [0.15, 0.2) is 5.78 Å². The lowest BCUT2D eigenvalue weighted by Crippen LogP contribution is -2.44. The molecule has 9 heteroatoms. The van der Waals surface area contributed by atoms with Gasteiger partial charge in [-0.2, -0.15) is 4.31 Å². The molecular formula is C17H18ClN3O4S. The second-order valence-electron chi connectivity index (χ2n) is 6.01. The van der Waals surface area contributed by atoms with Crippen LogP contribution in [-0.2, 0) is 10.0 Å². The molecule has 1 atom stereocenters. The largest absolute Gasteiger partial charge is 0.459 e. The number of halogens is 1. The number of rotatable bonds is 5. The number of carbonyl (C=O) groups is 1. The first-order valence-electron chi connectivity index (χ1n) is 8.11. The summed E-state index contributed by atoms with van der Waals surface area (Å²) in [4.78, 5) is 19.5. The second-order valence-corrected chi connectivity index (χ2v) is 8.38. The first kappa shape index (κ1) is 18.8. The monoisotopic (exact) mass is 395 g/mol. The lowest BCUT2D eigenvalue weighted by atomic mass is 10.1. The number of benzene rings is 1. The van der Waals surface area contributed by atoms with Crippen molar-refractivity contribution in [1.82, 2.24) is 14.3 Å². The molecule has 26 heavy (non-hydrogen) atoms. The predicted octanol–water partition coefficient (Wildman–Crippen LogP) is 2.56. The van der Waals surface area contributed by atoms with E-state index in [1.54, 1.807) is 0 Å². The average molecular weight is 396 g/mol. The fourth-order valence-corrected chi connectivity index (χ4v) is 4.35. The molecule has 7 nitrogen and oxygen atoms in total. The Morgan fingerprint density at radius 3 is 2.50 bits per heavy atom.